The van der Waals surface area contributed by atoms with Crippen molar-refractivity contribution in [2.24, 2.45) is 0 Å². The summed E-state index contributed by atoms with van der Waals surface area (Å²) in [5.41, 5.74) is 1.75. The number of morpholine rings is 1. The maximum absolute atomic E-state index is 13.1. The number of ether oxygens (including phenoxy) is 1. The first-order valence-electron chi connectivity index (χ1n) is 10.2. The molecule has 5 rings (SSSR count). The van der Waals surface area contributed by atoms with E-state index in [-0.39, 0.29) is 11.9 Å². The summed E-state index contributed by atoms with van der Waals surface area (Å²) in [6.07, 6.45) is 11.0. The van der Waals surface area contributed by atoms with E-state index in [1.165, 1.54) is 0 Å². The van der Waals surface area contributed by atoms with Crippen molar-refractivity contribution in [1.82, 2.24) is 34.7 Å². The molecule has 0 aromatic carbocycles. The lowest BCUT2D eigenvalue weighted by Gasteiger charge is -2.38. The second-order valence-electron chi connectivity index (χ2n) is 7.71. The summed E-state index contributed by atoms with van der Waals surface area (Å²) in [4.78, 5) is 31.8. The molecule has 9 heteroatoms. The van der Waals surface area contributed by atoms with Gasteiger partial charge in [-0.3, -0.25) is 14.3 Å². The third-order valence-electron chi connectivity index (χ3n) is 5.94. The van der Waals surface area contributed by atoms with Crippen LogP contribution in [0.3, 0.4) is 0 Å². The first-order valence-corrected chi connectivity index (χ1v) is 10.2. The Balaban J connectivity index is 1.29. The highest BCUT2D eigenvalue weighted by atomic mass is 16.5. The molecule has 1 saturated carbocycles. The zero-order valence-electron chi connectivity index (χ0n) is 16.3. The first-order chi connectivity index (χ1) is 14.3. The predicted octanol–water partition coefficient (Wildman–Crippen LogP) is 1.52. The smallest absolute Gasteiger partial charge is 0.272 e. The van der Waals surface area contributed by atoms with Gasteiger partial charge in [-0.25, -0.2) is 15.0 Å². The lowest BCUT2D eigenvalue weighted by atomic mass is 9.90. The molecule has 1 amide bonds. The van der Waals surface area contributed by atoms with Gasteiger partial charge in [-0.2, -0.15) is 0 Å². The molecule has 152 valence electrons. The van der Waals surface area contributed by atoms with Crippen molar-refractivity contribution >= 4 is 16.9 Å². The van der Waals surface area contributed by atoms with Gasteiger partial charge in [-0.15, -0.1) is 0 Å². The molecule has 3 aromatic rings. The van der Waals surface area contributed by atoms with Crippen molar-refractivity contribution < 1.29 is 9.53 Å². The number of nitrogens with one attached hydrogen (secondary N) is 2. The molecule has 2 N–H and O–H groups in total. The molecular formula is C20H25N7O2. The molecule has 3 aromatic heterocycles. The average molecular weight is 395 g/mol. The van der Waals surface area contributed by atoms with E-state index in [9.17, 15) is 4.79 Å². The monoisotopic (exact) mass is 395 g/mol. The molecule has 1 aliphatic carbocycles. The lowest BCUT2D eigenvalue weighted by Crippen LogP contribution is -2.47. The minimum absolute atomic E-state index is 0.156. The average Bonchev–Trinajstić information content (AvgIpc) is 3.46. The fraction of sp³-hybridized carbons (Fsp3) is 0.500. The molecule has 0 bridgehead atoms. The SMILES string of the molecule is O=C(N[C@H]1CC[C@@H](N2CCOCC2)CC1)c1nc(-n2ccnc2)nc2cc[nH]c12. The molecule has 9 nitrogen and oxygen atoms in total. The molecule has 1 saturated heterocycles. The van der Waals surface area contributed by atoms with Crippen molar-refractivity contribution in [3.8, 4) is 5.95 Å². The van der Waals surface area contributed by atoms with Crippen molar-refractivity contribution in [2.45, 2.75) is 37.8 Å². The summed E-state index contributed by atoms with van der Waals surface area (Å²) in [6.45, 7) is 3.69. The number of nitrogens with zero attached hydrogens (tertiary/aromatic N) is 5. The Morgan fingerprint density at radius 1 is 1.17 bits per heavy atom. The van der Waals surface area contributed by atoms with Crippen LogP contribution in [0.4, 0.5) is 0 Å². The number of carbonyl (C=O) groups is 1. The Morgan fingerprint density at radius 2 is 2.00 bits per heavy atom. The highest BCUT2D eigenvalue weighted by Crippen LogP contribution is 2.24. The predicted molar refractivity (Wildman–Crippen MR) is 107 cm³/mol. The number of amides is 1. The van der Waals surface area contributed by atoms with Crippen molar-refractivity contribution in [2.75, 3.05) is 26.3 Å². The molecule has 0 unspecified atom stereocenters. The fourth-order valence-electron chi connectivity index (χ4n) is 4.37. The standard InChI is InChI=1S/C20H25N7O2/c28-19(23-14-1-3-15(4-2-14)26-9-11-29-12-10-26)18-17-16(5-6-22-17)24-20(25-18)27-8-7-21-13-27/h5-8,13-15,22H,1-4,9-12H2,(H,23,28)/t14-,15+. The second-order valence-corrected chi connectivity index (χ2v) is 7.71. The largest absolute Gasteiger partial charge is 0.379 e. The number of carbonyl (C=O) groups excluding carboxylic acids is 1. The topological polar surface area (TPSA) is 101 Å². The number of aromatic amines is 1. The molecule has 0 spiro atoms. The van der Waals surface area contributed by atoms with Crippen LogP contribution in [0.25, 0.3) is 17.0 Å². The molecule has 2 aliphatic rings. The highest BCUT2D eigenvalue weighted by molar-refractivity contribution is 6.03. The van der Waals surface area contributed by atoms with E-state index in [1.807, 2.05) is 6.07 Å². The van der Waals surface area contributed by atoms with Gasteiger partial charge < -0.3 is 15.0 Å². The number of fused-ring (bicyclic) bond motifs is 1. The van der Waals surface area contributed by atoms with Gasteiger partial charge in [-0.05, 0) is 31.7 Å². The normalized spacial score (nSPS) is 23.3. The van der Waals surface area contributed by atoms with E-state index in [0.717, 1.165) is 52.0 Å². The maximum atomic E-state index is 13.1. The number of hydrogen-bond acceptors (Lipinski definition) is 6. The number of H-pyrrole nitrogens is 1. The van der Waals surface area contributed by atoms with Crippen LogP contribution in [0.5, 0.6) is 0 Å². The molecule has 2 fully saturated rings. The minimum Gasteiger partial charge on any atom is -0.379 e. The third kappa shape index (κ3) is 3.75. The van der Waals surface area contributed by atoms with Crippen LogP contribution in [0.1, 0.15) is 36.2 Å². The van der Waals surface area contributed by atoms with Crippen LogP contribution < -0.4 is 5.32 Å². The Bertz CT molecular complexity index is 970. The molecular weight excluding hydrogens is 370 g/mol. The van der Waals surface area contributed by atoms with Gasteiger partial charge in [-0.1, -0.05) is 0 Å². The zero-order chi connectivity index (χ0) is 19.6. The van der Waals surface area contributed by atoms with Crippen LogP contribution in [0.2, 0.25) is 0 Å². The third-order valence-corrected chi connectivity index (χ3v) is 5.94. The highest BCUT2D eigenvalue weighted by Gasteiger charge is 2.28. The summed E-state index contributed by atoms with van der Waals surface area (Å²) >= 11 is 0. The van der Waals surface area contributed by atoms with Gasteiger partial charge in [0.25, 0.3) is 5.91 Å². The summed E-state index contributed by atoms with van der Waals surface area (Å²) in [6, 6.07) is 2.63. The molecule has 1 aliphatic heterocycles. The Labute approximate surface area is 168 Å². The van der Waals surface area contributed by atoms with Crippen LogP contribution in [-0.2, 0) is 4.74 Å². The van der Waals surface area contributed by atoms with Crippen LogP contribution in [-0.4, -0.2) is 73.7 Å². The zero-order valence-corrected chi connectivity index (χ0v) is 16.3. The van der Waals surface area contributed by atoms with Gasteiger partial charge >= 0.3 is 0 Å². The molecule has 0 radical (unpaired) electrons. The summed E-state index contributed by atoms with van der Waals surface area (Å²) in [7, 11) is 0. The summed E-state index contributed by atoms with van der Waals surface area (Å²) < 4.78 is 7.16. The van der Waals surface area contributed by atoms with Gasteiger partial charge in [0.05, 0.1) is 24.2 Å². The van der Waals surface area contributed by atoms with Gasteiger partial charge in [0.1, 0.15) is 6.33 Å². The fourth-order valence-corrected chi connectivity index (χ4v) is 4.37. The van der Waals surface area contributed by atoms with Crippen molar-refractivity contribution in [3.05, 3.63) is 36.7 Å². The van der Waals surface area contributed by atoms with E-state index in [4.69, 9.17) is 4.74 Å². The van der Waals surface area contributed by atoms with Gasteiger partial charge in [0.15, 0.2) is 5.69 Å². The van der Waals surface area contributed by atoms with Crippen LogP contribution in [0.15, 0.2) is 31.0 Å². The van der Waals surface area contributed by atoms with Crippen molar-refractivity contribution in [1.29, 1.82) is 0 Å². The lowest BCUT2D eigenvalue weighted by molar-refractivity contribution is 0.00664. The van der Waals surface area contributed by atoms with E-state index in [1.54, 1.807) is 29.5 Å². The first kappa shape index (κ1) is 18.3. The van der Waals surface area contributed by atoms with Gasteiger partial charge in [0, 0.05) is 43.8 Å². The second kappa shape index (κ2) is 7.92. The van der Waals surface area contributed by atoms with E-state index in [2.05, 4.69) is 30.2 Å². The summed E-state index contributed by atoms with van der Waals surface area (Å²) in [5.74, 6) is 0.284. The molecule has 0 atom stereocenters. The number of hydrogen-bond donors (Lipinski definition) is 2. The number of aromatic nitrogens is 5. The Morgan fingerprint density at radius 3 is 2.76 bits per heavy atom. The Kier molecular flexibility index (Phi) is 4.99. The Hall–Kier alpha value is -2.78. The minimum atomic E-state index is -0.156. The summed E-state index contributed by atoms with van der Waals surface area (Å²) in [5, 5.41) is 3.20. The quantitative estimate of drug-likeness (QED) is 0.695. The van der Waals surface area contributed by atoms with E-state index >= 15 is 0 Å². The maximum Gasteiger partial charge on any atom is 0.272 e. The van der Waals surface area contributed by atoms with Gasteiger partial charge in [0.2, 0.25) is 5.95 Å². The van der Waals surface area contributed by atoms with Crippen LogP contribution in [0, 0.1) is 0 Å². The number of rotatable bonds is 4. The van der Waals surface area contributed by atoms with E-state index < -0.39 is 0 Å². The molecule has 4 heterocycles. The number of imidazole rings is 1. The van der Waals surface area contributed by atoms with E-state index in [0.29, 0.717) is 28.7 Å². The van der Waals surface area contributed by atoms with Crippen molar-refractivity contribution in [3.63, 3.8) is 0 Å². The van der Waals surface area contributed by atoms with Crippen LogP contribution >= 0.6 is 0 Å². The molecule has 29 heavy (non-hydrogen) atoms.